The Bertz CT molecular complexity index is 1080. The van der Waals surface area contributed by atoms with Gasteiger partial charge in [0.1, 0.15) is 5.82 Å². The molecule has 0 aliphatic rings. The average molecular weight is 345 g/mol. The molecule has 0 saturated heterocycles. The highest BCUT2D eigenvalue weighted by Crippen LogP contribution is 2.25. The normalized spacial score (nSPS) is 10.8. The van der Waals surface area contributed by atoms with E-state index >= 15 is 0 Å². The molecule has 0 fully saturated rings. The first-order chi connectivity index (χ1) is 12.6. The van der Waals surface area contributed by atoms with Crippen LogP contribution in [0, 0.1) is 0 Å². The van der Waals surface area contributed by atoms with Crippen LogP contribution in [0.2, 0.25) is 0 Å². The van der Waals surface area contributed by atoms with Crippen LogP contribution in [0.5, 0.6) is 5.88 Å². The van der Waals surface area contributed by atoms with Crippen LogP contribution in [-0.4, -0.2) is 33.1 Å². The maximum absolute atomic E-state index is 10.9. The van der Waals surface area contributed by atoms with Crippen LogP contribution in [-0.2, 0) is 0 Å². The molecule has 0 saturated carbocycles. The fourth-order valence-electron chi connectivity index (χ4n) is 2.75. The largest absolute Gasteiger partial charge is 0.481 e. The van der Waals surface area contributed by atoms with Crippen LogP contribution in [0.4, 0.5) is 0 Å². The van der Waals surface area contributed by atoms with Crippen molar-refractivity contribution in [3.8, 4) is 28.4 Å². The molecule has 4 rings (SSSR count). The lowest BCUT2D eigenvalue weighted by atomic mass is 10.0. The second-order valence-electron chi connectivity index (χ2n) is 5.77. The highest BCUT2D eigenvalue weighted by molar-refractivity contribution is 5.88. The minimum absolute atomic E-state index is 0.274. The molecule has 26 heavy (non-hydrogen) atoms. The van der Waals surface area contributed by atoms with Crippen LogP contribution in [0.3, 0.4) is 0 Å². The summed E-state index contributed by atoms with van der Waals surface area (Å²) in [5.41, 5.74) is 4.62. The number of carbonyl (C=O) groups is 1. The maximum atomic E-state index is 10.9. The number of aromatic nitrogens is 3. The van der Waals surface area contributed by atoms with Crippen molar-refractivity contribution in [3.05, 3.63) is 66.2 Å². The number of ether oxygens (including phenoxy) is 1. The van der Waals surface area contributed by atoms with Gasteiger partial charge in [-0.2, -0.15) is 4.98 Å². The molecule has 2 aromatic heterocycles. The van der Waals surface area contributed by atoms with E-state index in [1.807, 2.05) is 30.3 Å². The Kier molecular flexibility index (Phi) is 3.85. The summed E-state index contributed by atoms with van der Waals surface area (Å²) in [5.74, 6) is 0.325. The molecule has 0 bridgehead atoms. The molecule has 2 aromatic carbocycles. The van der Waals surface area contributed by atoms with Crippen LogP contribution in [0.25, 0.3) is 33.7 Å². The number of imidazole rings is 1. The first-order valence-electron chi connectivity index (χ1n) is 7.99. The van der Waals surface area contributed by atoms with E-state index in [0.717, 1.165) is 28.0 Å². The van der Waals surface area contributed by atoms with Gasteiger partial charge in [0, 0.05) is 11.6 Å². The summed E-state index contributed by atoms with van der Waals surface area (Å²) in [6.45, 7) is 0. The molecule has 0 aliphatic carbocycles. The molecule has 6 heteroatoms. The van der Waals surface area contributed by atoms with E-state index in [0.29, 0.717) is 11.5 Å². The number of aromatic carboxylic acids is 1. The summed E-state index contributed by atoms with van der Waals surface area (Å²) < 4.78 is 5.12. The number of pyridine rings is 1. The van der Waals surface area contributed by atoms with Gasteiger partial charge in [0.15, 0.2) is 5.65 Å². The van der Waals surface area contributed by atoms with E-state index in [1.54, 1.807) is 37.4 Å². The minimum atomic E-state index is -0.929. The number of nitrogens with zero attached hydrogens (tertiary/aromatic N) is 2. The predicted molar refractivity (Wildman–Crippen MR) is 98.3 cm³/mol. The van der Waals surface area contributed by atoms with E-state index in [4.69, 9.17) is 9.84 Å². The lowest BCUT2D eigenvalue weighted by Crippen LogP contribution is -1.94. The molecule has 0 unspecified atom stereocenters. The number of carboxylic acid groups (broad SMARTS) is 1. The van der Waals surface area contributed by atoms with E-state index in [9.17, 15) is 4.79 Å². The van der Waals surface area contributed by atoms with Crippen molar-refractivity contribution in [2.45, 2.75) is 0 Å². The highest BCUT2D eigenvalue weighted by Gasteiger charge is 2.08. The summed E-state index contributed by atoms with van der Waals surface area (Å²) in [6.07, 6.45) is 0. The molecule has 0 radical (unpaired) electrons. The summed E-state index contributed by atoms with van der Waals surface area (Å²) >= 11 is 0. The van der Waals surface area contributed by atoms with Crippen molar-refractivity contribution in [1.29, 1.82) is 0 Å². The number of benzene rings is 2. The second-order valence-corrected chi connectivity index (χ2v) is 5.77. The smallest absolute Gasteiger partial charge is 0.335 e. The van der Waals surface area contributed by atoms with Gasteiger partial charge in [0.25, 0.3) is 0 Å². The Balaban J connectivity index is 1.64. The van der Waals surface area contributed by atoms with Gasteiger partial charge in [-0.05, 0) is 29.3 Å². The third kappa shape index (κ3) is 2.88. The van der Waals surface area contributed by atoms with Gasteiger partial charge in [0.2, 0.25) is 5.88 Å². The summed E-state index contributed by atoms with van der Waals surface area (Å²) in [4.78, 5) is 23.0. The minimum Gasteiger partial charge on any atom is -0.481 e. The molecule has 0 spiro atoms. The van der Waals surface area contributed by atoms with Crippen LogP contribution >= 0.6 is 0 Å². The number of rotatable bonds is 4. The molecule has 4 aromatic rings. The number of H-pyrrole nitrogens is 1. The van der Waals surface area contributed by atoms with Gasteiger partial charge in [-0.1, -0.05) is 36.4 Å². The molecule has 0 atom stereocenters. The Hall–Kier alpha value is -3.67. The molecule has 2 heterocycles. The van der Waals surface area contributed by atoms with Crippen LogP contribution in [0.1, 0.15) is 10.4 Å². The lowest BCUT2D eigenvalue weighted by Gasteiger charge is -2.04. The number of hydrogen-bond donors (Lipinski definition) is 2. The first-order valence-corrected chi connectivity index (χ1v) is 7.99. The van der Waals surface area contributed by atoms with Crippen molar-refractivity contribution < 1.29 is 14.6 Å². The number of methoxy groups -OCH3 is 1. The molecule has 0 amide bonds. The van der Waals surface area contributed by atoms with Gasteiger partial charge in [0.05, 0.1) is 18.2 Å². The molecular weight excluding hydrogens is 330 g/mol. The molecule has 2 N–H and O–H groups in total. The highest BCUT2D eigenvalue weighted by atomic mass is 16.5. The van der Waals surface area contributed by atoms with Gasteiger partial charge in [-0.15, -0.1) is 0 Å². The average Bonchev–Trinajstić information content (AvgIpc) is 3.11. The van der Waals surface area contributed by atoms with Crippen LogP contribution in [0.15, 0.2) is 60.7 Å². The molecular formula is C20H15N3O3. The molecule has 0 aliphatic heterocycles. The fraction of sp³-hybridized carbons (Fsp3) is 0.0500. The van der Waals surface area contributed by atoms with E-state index in [-0.39, 0.29) is 5.56 Å². The summed E-state index contributed by atoms with van der Waals surface area (Å²) in [6, 6.07) is 18.4. The number of carboxylic acids is 1. The van der Waals surface area contributed by atoms with Crippen molar-refractivity contribution in [2.75, 3.05) is 7.11 Å². The maximum Gasteiger partial charge on any atom is 0.335 e. The van der Waals surface area contributed by atoms with Crippen molar-refractivity contribution in [3.63, 3.8) is 0 Å². The number of aromatic amines is 1. The van der Waals surface area contributed by atoms with E-state index in [1.165, 1.54) is 0 Å². The Morgan fingerprint density at radius 1 is 0.885 bits per heavy atom. The van der Waals surface area contributed by atoms with Gasteiger partial charge < -0.3 is 14.8 Å². The SMILES string of the molecule is COc1ccc2[nH]c(-c3ccc(-c4ccc(C(=O)O)cc4)cc3)nc2n1. The Morgan fingerprint density at radius 3 is 2.12 bits per heavy atom. The Morgan fingerprint density at radius 2 is 1.50 bits per heavy atom. The zero-order valence-corrected chi connectivity index (χ0v) is 13.9. The molecule has 6 nitrogen and oxygen atoms in total. The molecule has 128 valence electrons. The van der Waals surface area contributed by atoms with Crippen molar-refractivity contribution in [1.82, 2.24) is 15.0 Å². The quantitative estimate of drug-likeness (QED) is 0.584. The van der Waals surface area contributed by atoms with Crippen molar-refractivity contribution in [2.24, 2.45) is 0 Å². The zero-order chi connectivity index (χ0) is 18.1. The third-order valence-corrected chi connectivity index (χ3v) is 4.15. The number of hydrogen-bond acceptors (Lipinski definition) is 4. The van der Waals surface area contributed by atoms with Crippen LogP contribution < -0.4 is 4.74 Å². The summed E-state index contributed by atoms with van der Waals surface area (Å²) in [7, 11) is 1.57. The monoisotopic (exact) mass is 345 g/mol. The predicted octanol–water partition coefficient (Wildman–Crippen LogP) is 4.00. The van der Waals surface area contributed by atoms with Gasteiger partial charge >= 0.3 is 5.97 Å². The van der Waals surface area contributed by atoms with E-state index < -0.39 is 5.97 Å². The lowest BCUT2D eigenvalue weighted by molar-refractivity contribution is 0.0697. The second kappa shape index (κ2) is 6.33. The topological polar surface area (TPSA) is 88.1 Å². The number of nitrogens with one attached hydrogen (secondary N) is 1. The first kappa shape index (κ1) is 15.8. The van der Waals surface area contributed by atoms with E-state index in [2.05, 4.69) is 15.0 Å². The summed E-state index contributed by atoms with van der Waals surface area (Å²) in [5, 5.41) is 8.98. The van der Waals surface area contributed by atoms with Gasteiger partial charge in [-0.25, -0.2) is 9.78 Å². The number of fused-ring (bicyclic) bond motifs is 1. The van der Waals surface area contributed by atoms with Gasteiger partial charge in [-0.3, -0.25) is 0 Å². The Labute approximate surface area is 149 Å². The zero-order valence-electron chi connectivity index (χ0n) is 13.9. The van der Waals surface area contributed by atoms with Crippen molar-refractivity contribution >= 4 is 17.1 Å². The third-order valence-electron chi connectivity index (χ3n) is 4.15. The standard InChI is InChI=1S/C20H15N3O3/c1-26-17-11-10-16-19(22-17)23-18(21-16)14-6-2-12(3-7-14)13-4-8-15(9-5-13)20(24)25/h2-11H,1H3,(H,24,25)(H,21,22,23). The fourth-order valence-corrected chi connectivity index (χ4v) is 2.75.